The minimum Gasteiger partial charge on any atom is -0.406 e. The van der Waals surface area contributed by atoms with E-state index in [1.54, 1.807) is 4.90 Å². The number of likely N-dealkylation sites (N-methyl/N-ethyl adjacent to an activating group) is 1. The van der Waals surface area contributed by atoms with Crippen molar-refractivity contribution in [2.24, 2.45) is 0 Å². The van der Waals surface area contributed by atoms with E-state index in [9.17, 15) is 18.0 Å². The molecule has 0 aliphatic rings. The number of halogens is 3. The van der Waals surface area contributed by atoms with Gasteiger partial charge >= 0.3 is 6.36 Å². The topological polar surface area (TPSA) is 73.1 Å². The van der Waals surface area contributed by atoms with Crippen LogP contribution in [0.5, 0.6) is 5.75 Å². The summed E-state index contributed by atoms with van der Waals surface area (Å²) in [5.74, 6) is -0.429. The number of alkyl halides is 3. The Bertz CT molecular complexity index is 992. The Morgan fingerprint density at radius 2 is 1.74 bits per heavy atom. The van der Waals surface area contributed by atoms with Crippen molar-refractivity contribution in [1.82, 2.24) is 25.1 Å². The maximum atomic E-state index is 13.2. The van der Waals surface area contributed by atoms with Gasteiger partial charge < -0.3 is 9.64 Å². The molecule has 1 amide bonds. The Morgan fingerprint density at radius 3 is 2.32 bits per heavy atom. The summed E-state index contributed by atoms with van der Waals surface area (Å²) in [5.41, 5.74) is 1.23. The molecule has 0 radical (unpaired) electrons. The molecule has 3 aromatic rings. The van der Waals surface area contributed by atoms with E-state index in [-0.39, 0.29) is 11.7 Å². The van der Waals surface area contributed by atoms with E-state index >= 15 is 0 Å². The molecule has 31 heavy (non-hydrogen) atoms. The average molecular weight is 451 g/mol. The fraction of sp³-hybridized carbons (Fsp3) is 0.300. The van der Waals surface area contributed by atoms with Crippen LogP contribution in [0, 0.1) is 0 Å². The van der Waals surface area contributed by atoms with Gasteiger partial charge in [-0.05, 0) is 54.1 Å². The highest BCUT2D eigenvalue weighted by Gasteiger charge is 2.31. The first kappa shape index (κ1) is 22.6. The quantitative estimate of drug-likeness (QED) is 0.477. The summed E-state index contributed by atoms with van der Waals surface area (Å²) in [6.45, 7) is 4.93. The van der Waals surface area contributed by atoms with Gasteiger partial charge in [0.1, 0.15) is 11.0 Å². The van der Waals surface area contributed by atoms with Gasteiger partial charge in [0.2, 0.25) is 11.1 Å². The molecule has 0 aliphatic carbocycles. The number of aromatic nitrogens is 4. The Labute approximate surface area is 181 Å². The van der Waals surface area contributed by atoms with Crippen LogP contribution in [0.15, 0.2) is 59.8 Å². The molecule has 0 N–H and O–H groups in total. The summed E-state index contributed by atoms with van der Waals surface area (Å²) < 4.78 is 42.4. The molecule has 0 fully saturated rings. The van der Waals surface area contributed by atoms with E-state index in [2.05, 4.69) is 20.3 Å². The van der Waals surface area contributed by atoms with E-state index in [0.717, 1.165) is 5.56 Å². The van der Waals surface area contributed by atoms with Crippen LogP contribution in [0.4, 0.5) is 13.2 Å². The number of hydrogen-bond acceptors (Lipinski definition) is 6. The smallest absolute Gasteiger partial charge is 0.406 e. The molecular weight excluding hydrogens is 431 g/mol. The first-order valence-electron chi connectivity index (χ1n) is 9.47. The van der Waals surface area contributed by atoms with Crippen molar-refractivity contribution in [2.45, 2.75) is 30.6 Å². The van der Waals surface area contributed by atoms with Crippen molar-refractivity contribution in [3.05, 3.63) is 60.2 Å². The molecule has 11 heteroatoms. The van der Waals surface area contributed by atoms with Crippen molar-refractivity contribution in [3.63, 3.8) is 0 Å². The second kappa shape index (κ2) is 9.82. The van der Waals surface area contributed by atoms with Gasteiger partial charge in [0.25, 0.3) is 0 Å². The average Bonchev–Trinajstić information content (AvgIpc) is 3.21. The van der Waals surface area contributed by atoms with Gasteiger partial charge in [-0.25, -0.2) is 0 Å². The lowest BCUT2D eigenvalue weighted by atomic mass is 10.1. The first-order valence-corrected chi connectivity index (χ1v) is 10.3. The van der Waals surface area contributed by atoms with Crippen molar-refractivity contribution in [1.29, 1.82) is 0 Å². The standard InChI is InChI=1S/C20H20F3N5O2S/c1-3-27(4-2)18(29)17(14-8-6-5-7-9-14)31-19-24-25-26-28(19)15-10-12-16(13-11-15)30-20(21,22)23/h5-13,17H,3-4H2,1-2H3. The summed E-state index contributed by atoms with van der Waals surface area (Å²) in [4.78, 5) is 14.9. The second-order valence-corrected chi connectivity index (χ2v) is 7.41. The number of tetrazole rings is 1. The minimum atomic E-state index is -4.77. The molecule has 2 aromatic carbocycles. The molecule has 1 atom stereocenters. The highest BCUT2D eigenvalue weighted by molar-refractivity contribution is 8.00. The van der Waals surface area contributed by atoms with Crippen molar-refractivity contribution in [3.8, 4) is 11.4 Å². The number of ether oxygens (including phenoxy) is 1. The summed E-state index contributed by atoms with van der Waals surface area (Å²) >= 11 is 1.18. The lowest BCUT2D eigenvalue weighted by Crippen LogP contribution is -2.34. The number of thioether (sulfide) groups is 1. The molecule has 1 unspecified atom stereocenters. The van der Waals surface area contributed by atoms with Gasteiger partial charge in [-0.1, -0.05) is 42.1 Å². The zero-order valence-corrected chi connectivity index (χ0v) is 17.6. The van der Waals surface area contributed by atoms with Crippen LogP contribution in [0.2, 0.25) is 0 Å². The Balaban J connectivity index is 1.89. The molecule has 0 spiro atoms. The van der Waals surface area contributed by atoms with Crippen LogP contribution in [0.3, 0.4) is 0 Å². The van der Waals surface area contributed by atoms with Gasteiger partial charge in [0, 0.05) is 13.1 Å². The molecular formula is C20H20F3N5O2S. The third kappa shape index (κ3) is 5.75. The fourth-order valence-corrected chi connectivity index (χ4v) is 3.98. The summed E-state index contributed by atoms with van der Waals surface area (Å²) in [6.07, 6.45) is -4.77. The molecule has 3 rings (SSSR count). The van der Waals surface area contributed by atoms with Gasteiger partial charge in [0.05, 0.1) is 5.69 Å². The van der Waals surface area contributed by atoms with E-state index in [4.69, 9.17) is 0 Å². The Morgan fingerprint density at radius 1 is 1.10 bits per heavy atom. The van der Waals surface area contributed by atoms with Crippen LogP contribution >= 0.6 is 11.8 Å². The fourth-order valence-electron chi connectivity index (χ4n) is 2.90. The highest BCUT2D eigenvalue weighted by atomic mass is 32.2. The van der Waals surface area contributed by atoms with Crippen molar-refractivity contribution < 1.29 is 22.7 Å². The van der Waals surface area contributed by atoms with Gasteiger partial charge in [0.15, 0.2) is 0 Å². The number of benzene rings is 2. The molecule has 0 saturated heterocycles. The molecule has 1 heterocycles. The van der Waals surface area contributed by atoms with Crippen LogP contribution in [0.1, 0.15) is 24.7 Å². The predicted molar refractivity (Wildman–Crippen MR) is 109 cm³/mol. The number of amides is 1. The molecule has 1 aromatic heterocycles. The van der Waals surface area contributed by atoms with Crippen LogP contribution < -0.4 is 4.74 Å². The Hall–Kier alpha value is -3.08. The van der Waals surface area contributed by atoms with Crippen LogP contribution in [-0.2, 0) is 4.79 Å². The van der Waals surface area contributed by atoms with Gasteiger partial charge in [-0.3, -0.25) is 4.79 Å². The molecule has 0 saturated carbocycles. The molecule has 7 nitrogen and oxygen atoms in total. The van der Waals surface area contributed by atoms with Gasteiger partial charge in [-0.2, -0.15) is 4.68 Å². The molecule has 164 valence electrons. The van der Waals surface area contributed by atoms with Crippen LogP contribution in [-0.4, -0.2) is 50.5 Å². The number of carbonyl (C=O) groups is 1. The minimum absolute atomic E-state index is 0.0790. The lowest BCUT2D eigenvalue weighted by molar-refractivity contribution is -0.274. The number of carbonyl (C=O) groups excluding carboxylic acids is 1. The van der Waals surface area contributed by atoms with Crippen molar-refractivity contribution in [2.75, 3.05) is 13.1 Å². The van der Waals surface area contributed by atoms with Crippen LogP contribution in [0.25, 0.3) is 5.69 Å². The largest absolute Gasteiger partial charge is 0.573 e. The van der Waals surface area contributed by atoms with Crippen molar-refractivity contribution >= 4 is 17.7 Å². The predicted octanol–water partition coefficient (Wildman–Crippen LogP) is 4.26. The number of hydrogen-bond donors (Lipinski definition) is 0. The maximum absolute atomic E-state index is 13.2. The van der Waals surface area contributed by atoms with E-state index in [0.29, 0.717) is 23.9 Å². The first-order chi connectivity index (χ1) is 14.8. The zero-order valence-electron chi connectivity index (χ0n) is 16.8. The molecule has 0 bridgehead atoms. The van der Waals surface area contributed by atoms with E-state index < -0.39 is 11.6 Å². The third-order valence-electron chi connectivity index (χ3n) is 4.38. The summed E-state index contributed by atoms with van der Waals surface area (Å²) in [7, 11) is 0. The highest BCUT2D eigenvalue weighted by Crippen LogP contribution is 2.36. The zero-order chi connectivity index (χ0) is 22.4. The number of nitrogens with zero attached hydrogens (tertiary/aromatic N) is 5. The Kier molecular flexibility index (Phi) is 7.16. The third-order valence-corrected chi connectivity index (χ3v) is 5.56. The SMILES string of the molecule is CCN(CC)C(=O)C(Sc1nnnn1-c1ccc(OC(F)(F)F)cc1)c1ccccc1. The van der Waals surface area contributed by atoms with Gasteiger partial charge in [-0.15, -0.1) is 18.3 Å². The monoisotopic (exact) mass is 451 g/mol. The number of rotatable bonds is 8. The normalized spacial score (nSPS) is 12.4. The molecule has 0 aliphatic heterocycles. The summed E-state index contributed by atoms with van der Waals surface area (Å²) in [6, 6.07) is 14.4. The lowest BCUT2D eigenvalue weighted by Gasteiger charge is -2.24. The van der Waals surface area contributed by atoms with E-state index in [1.807, 2.05) is 44.2 Å². The second-order valence-electron chi connectivity index (χ2n) is 6.33. The van der Waals surface area contributed by atoms with E-state index in [1.165, 1.54) is 40.7 Å². The summed E-state index contributed by atoms with van der Waals surface area (Å²) in [5, 5.41) is 11.4. The maximum Gasteiger partial charge on any atom is 0.573 e.